The van der Waals surface area contributed by atoms with Gasteiger partial charge >= 0.3 is 0 Å². The lowest BCUT2D eigenvalue weighted by Gasteiger charge is -2.21. The Balaban J connectivity index is 1.65. The van der Waals surface area contributed by atoms with Gasteiger partial charge in [-0.1, -0.05) is 18.6 Å². The molecule has 1 aromatic rings. The van der Waals surface area contributed by atoms with Crippen LogP contribution in [-0.2, 0) is 0 Å². The summed E-state index contributed by atoms with van der Waals surface area (Å²) >= 11 is 0. The molecule has 0 aliphatic heterocycles. The van der Waals surface area contributed by atoms with Crippen LogP contribution in [0.3, 0.4) is 0 Å². The normalized spacial score (nSPS) is 28.6. The van der Waals surface area contributed by atoms with Crippen molar-refractivity contribution in [2.45, 2.75) is 32.6 Å². The van der Waals surface area contributed by atoms with E-state index in [2.05, 4.69) is 10.5 Å². The summed E-state index contributed by atoms with van der Waals surface area (Å²) in [4.78, 5) is 12.0. The first kappa shape index (κ1) is 13.2. The highest BCUT2D eigenvalue weighted by Crippen LogP contribution is 2.48. The highest BCUT2D eigenvalue weighted by atomic mass is 16.3. The Bertz CT molecular complexity index is 553. The molecule has 0 heterocycles. The highest BCUT2D eigenvalue weighted by molar-refractivity contribution is 5.97. The van der Waals surface area contributed by atoms with E-state index in [1.165, 1.54) is 31.7 Å². The maximum atomic E-state index is 12.0. The van der Waals surface area contributed by atoms with Gasteiger partial charge in [0.1, 0.15) is 5.75 Å². The average Bonchev–Trinajstić information content (AvgIpc) is 3.07. The van der Waals surface area contributed by atoms with Crippen molar-refractivity contribution >= 4 is 11.6 Å². The minimum atomic E-state index is -0.356. The van der Waals surface area contributed by atoms with Gasteiger partial charge in [0.25, 0.3) is 5.91 Å². The minimum Gasteiger partial charge on any atom is -0.507 e. The zero-order valence-electron chi connectivity index (χ0n) is 11.7. The van der Waals surface area contributed by atoms with Crippen molar-refractivity contribution in [2.24, 2.45) is 22.9 Å². The standard InChI is InChI=1S/C16H20N2O2/c1-10(14-9-11-6-7-12(14)8-11)17-18-16(20)13-4-2-3-5-15(13)19/h2-5,11-12,14,19H,6-9H2,1H3,(H,18,20)/b17-10-/t11-,12-,14-/m0/s1. The molecule has 2 aliphatic carbocycles. The first-order valence-electron chi connectivity index (χ1n) is 7.27. The van der Waals surface area contributed by atoms with Crippen molar-refractivity contribution in [2.75, 3.05) is 0 Å². The fourth-order valence-electron chi connectivity index (χ4n) is 3.70. The summed E-state index contributed by atoms with van der Waals surface area (Å²) in [6.45, 7) is 2.00. The summed E-state index contributed by atoms with van der Waals surface area (Å²) in [6, 6.07) is 6.51. The number of hydrogen-bond donors (Lipinski definition) is 2. The number of carbonyl (C=O) groups is 1. The number of para-hydroxylation sites is 1. The average molecular weight is 272 g/mol. The third-order valence-corrected chi connectivity index (χ3v) is 4.76. The molecule has 2 bridgehead atoms. The van der Waals surface area contributed by atoms with Gasteiger partial charge in [0.15, 0.2) is 0 Å². The zero-order valence-corrected chi connectivity index (χ0v) is 11.7. The molecule has 2 saturated carbocycles. The predicted octanol–water partition coefficient (Wildman–Crippen LogP) is 2.93. The van der Waals surface area contributed by atoms with Crippen molar-refractivity contribution in [3.05, 3.63) is 29.8 Å². The van der Waals surface area contributed by atoms with Crippen LogP contribution in [0.2, 0.25) is 0 Å². The Morgan fingerprint density at radius 2 is 2.10 bits per heavy atom. The molecule has 3 atom stereocenters. The van der Waals surface area contributed by atoms with Gasteiger partial charge in [-0.2, -0.15) is 5.10 Å². The van der Waals surface area contributed by atoms with E-state index in [1.807, 2.05) is 6.92 Å². The number of amides is 1. The van der Waals surface area contributed by atoms with Crippen molar-refractivity contribution in [3.63, 3.8) is 0 Å². The Labute approximate surface area is 118 Å². The molecule has 0 unspecified atom stereocenters. The number of carbonyl (C=O) groups excluding carboxylic acids is 1. The van der Waals surface area contributed by atoms with E-state index in [4.69, 9.17) is 0 Å². The zero-order chi connectivity index (χ0) is 14.1. The third-order valence-electron chi connectivity index (χ3n) is 4.76. The number of hydrazone groups is 1. The Morgan fingerprint density at radius 3 is 2.75 bits per heavy atom. The Hall–Kier alpha value is -1.84. The first-order chi connectivity index (χ1) is 9.65. The maximum absolute atomic E-state index is 12.0. The molecule has 2 N–H and O–H groups in total. The van der Waals surface area contributed by atoms with Crippen LogP contribution < -0.4 is 5.43 Å². The van der Waals surface area contributed by atoms with Crippen molar-refractivity contribution in [1.82, 2.24) is 5.43 Å². The molecule has 0 saturated heterocycles. The number of benzene rings is 1. The van der Waals surface area contributed by atoms with Crippen LogP contribution in [0, 0.1) is 17.8 Å². The quantitative estimate of drug-likeness (QED) is 0.656. The first-order valence-corrected chi connectivity index (χ1v) is 7.27. The fourth-order valence-corrected chi connectivity index (χ4v) is 3.70. The summed E-state index contributed by atoms with van der Waals surface area (Å²) in [5.74, 6) is 1.77. The van der Waals surface area contributed by atoms with Gasteiger partial charge in [-0.05, 0) is 50.2 Å². The lowest BCUT2D eigenvalue weighted by molar-refractivity contribution is 0.0952. The van der Waals surface area contributed by atoms with Gasteiger partial charge in [0, 0.05) is 11.6 Å². The van der Waals surface area contributed by atoms with Crippen LogP contribution in [0.15, 0.2) is 29.4 Å². The van der Waals surface area contributed by atoms with E-state index in [-0.39, 0.29) is 17.2 Å². The van der Waals surface area contributed by atoms with Crippen LogP contribution in [0.25, 0.3) is 0 Å². The molecular formula is C16H20N2O2. The summed E-state index contributed by atoms with van der Waals surface area (Å²) in [6.07, 6.45) is 5.20. The van der Waals surface area contributed by atoms with Gasteiger partial charge < -0.3 is 5.11 Å². The number of hydrogen-bond acceptors (Lipinski definition) is 3. The second kappa shape index (κ2) is 5.27. The smallest absolute Gasteiger partial charge is 0.275 e. The molecule has 0 spiro atoms. The number of aromatic hydroxyl groups is 1. The lowest BCUT2D eigenvalue weighted by Crippen LogP contribution is -2.24. The van der Waals surface area contributed by atoms with Gasteiger partial charge in [-0.3, -0.25) is 4.79 Å². The van der Waals surface area contributed by atoms with Gasteiger partial charge in [-0.25, -0.2) is 5.43 Å². The van der Waals surface area contributed by atoms with Crippen LogP contribution >= 0.6 is 0 Å². The SMILES string of the molecule is C/C(=N/NC(=O)c1ccccc1O)[C@@H]1C[C@H]2CC[C@H]1C2. The summed E-state index contributed by atoms with van der Waals surface area (Å²) < 4.78 is 0. The number of phenols is 1. The van der Waals surface area contributed by atoms with Gasteiger partial charge in [0.2, 0.25) is 0 Å². The van der Waals surface area contributed by atoms with E-state index in [9.17, 15) is 9.90 Å². The molecule has 1 aromatic carbocycles. The topological polar surface area (TPSA) is 61.7 Å². The maximum Gasteiger partial charge on any atom is 0.275 e. The molecule has 20 heavy (non-hydrogen) atoms. The van der Waals surface area contributed by atoms with E-state index in [0.29, 0.717) is 5.92 Å². The molecule has 0 aromatic heterocycles. The molecule has 2 fully saturated rings. The van der Waals surface area contributed by atoms with Crippen molar-refractivity contribution < 1.29 is 9.90 Å². The number of fused-ring (bicyclic) bond motifs is 2. The van der Waals surface area contributed by atoms with E-state index in [1.54, 1.807) is 18.2 Å². The minimum absolute atomic E-state index is 0.0159. The van der Waals surface area contributed by atoms with Gasteiger partial charge in [-0.15, -0.1) is 0 Å². The molecule has 3 rings (SSSR count). The summed E-state index contributed by atoms with van der Waals surface area (Å²) in [5.41, 5.74) is 3.84. The lowest BCUT2D eigenvalue weighted by atomic mass is 9.86. The molecule has 106 valence electrons. The number of nitrogens with one attached hydrogen (secondary N) is 1. The monoisotopic (exact) mass is 272 g/mol. The largest absolute Gasteiger partial charge is 0.507 e. The Kier molecular flexibility index (Phi) is 3.47. The van der Waals surface area contributed by atoms with Crippen LogP contribution in [0.1, 0.15) is 43.0 Å². The molecular weight excluding hydrogens is 252 g/mol. The van der Waals surface area contributed by atoms with E-state index >= 15 is 0 Å². The van der Waals surface area contributed by atoms with Crippen LogP contribution in [0.4, 0.5) is 0 Å². The van der Waals surface area contributed by atoms with Crippen LogP contribution in [-0.4, -0.2) is 16.7 Å². The molecule has 2 aliphatic rings. The highest BCUT2D eigenvalue weighted by Gasteiger charge is 2.40. The summed E-state index contributed by atoms with van der Waals surface area (Å²) in [5, 5.41) is 13.9. The van der Waals surface area contributed by atoms with Gasteiger partial charge in [0.05, 0.1) is 5.56 Å². The van der Waals surface area contributed by atoms with Crippen molar-refractivity contribution in [1.29, 1.82) is 0 Å². The second-order valence-corrected chi connectivity index (χ2v) is 5.99. The molecule has 4 nitrogen and oxygen atoms in total. The summed E-state index contributed by atoms with van der Waals surface area (Å²) in [7, 11) is 0. The van der Waals surface area contributed by atoms with E-state index in [0.717, 1.165) is 17.5 Å². The second-order valence-electron chi connectivity index (χ2n) is 5.99. The third kappa shape index (κ3) is 2.42. The molecule has 4 heteroatoms. The number of nitrogens with zero attached hydrogens (tertiary/aromatic N) is 1. The predicted molar refractivity (Wildman–Crippen MR) is 77.6 cm³/mol. The Morgan fingerprint density at radius 1 is 1.30 bits per heavy atom. The van der Waals surface area contributed by atoms with E-state index < -0.39 is 0 Å². The van der Waals surface area contributed by atoms with Crippen molar-refractivity contribution in [3.8, 4) is 5.75 Å². The fraction of sp³-hybridized carbons (Fsp3) is 0.500. The van der Waals surface area contributed by atoms with Crippen LogP contribution in [0.5, 0.6) is 5.75 Å². The number of rotatable bonds is 3. The number of phenolic OH excluding ortho intramolecular Hbond substituents is 1. The molecule has 0 radical (unpaired) electrons. The molecule has 1 amide bonds.